The number of rotatable bonds is 6. The van der Waals surface area contributed by atoms with Crippen molar-refractivity contribution in [3.8, 4) is 11.3 Å². The molecule has 0 saturated carbocycles. The Morgan fingerprint density at radius 2 is 1.79 bits per heavy atom. The quantitative estimate of drug-likeness (QED) is 0.511. The van der Waals surface area contributed by atoms with E-state index >= 15 is 0 Å². The van der Waals surface area contributed by atoms with Crippen molar-refractivity contribution >= 4 is 23.3 Å². The third kappa shape index (κ3) is 4.20. The number of hydrogen-bond acceptors (Lipinski definition) is 5. The third-order valence-corrected chi connectivity index (χ3v) is 5.17. The summed E-state index contributed by atoms with van der Waals surface area (Å²) in [6.45, 7) is 2.56. The maximum atomic E-state index is 12.2. The Balaban J connectivity index is 1.44. The van der Waals surface area contributed by atoms with E-state index in [9.17, 15) is 4.79 Å². The standard InChI is InChI=1S/C21H19N5OS/c1-15-7-9-17(10-8-15)18-11-12-19-23-24-21(26(19)25-18)28-14-20(27)22-13-16-5-3-2-4-6-16/h2-12H,13-14H2,1H3,(H,22,27). The summed E-state index contributed by atoms with van der Waals surface area (Å²) in [4.78, 5) is 12.2. The maximum absolute atomic E-state index is 12.2. The Kier molecular flexibility index (Phi) is 5.34. The van der Waals surface area contributed by atoms with Gasteiger partial charge in [-0.25, -0.2) is 0 Å². The summed E-state index contributed by atoms with van der Waals surface area (Å²) in [6.07, 6.45) is 0. The first-order chi connectivity index (χ1) is 13.7. The number of benzene rings is 2. The van der Waals surface area contributed by atoms with Gasteiger partial charge in [0.1, 0.15) is 0 Å². The second-order valence-electron chi connectivity index (χ2n) is 6.39. The fourth-order valence-corrected chi connectivity index (χ4v) is 3.43. The third-order valence-electron chi connectivity index (χ3n) is 4.25. The van der Waals surface area contributed by atoms with Gasteiger partial charge in [-0.05, 0) is 24.6 Å². The predicted molar refractivity (Wildman–Crippen MR) is 110 cm³/mol. The van der Waals surface area contributed by atoms with Crippen LogP contribution in [0.5, 0.6) is 0 Å². The number of hydrogen-bond donors (Lipinski definition) is 1. The van der Waals surface area contributed by atoms with E-state index < -0.39 is 0 Å². The van der Waals surface area contributed by atoms with Crippen molar-refractivity contribution in [2.24, 2.45) is 0 Å². The van der Waals surface area contributed by atoms with Gasteiger partial charge in [0.25, 0.3) is 0 Å². The van der Waals surface area contributed by atoms with Crippen molar-refractivity contribution in [2.45, 2.75) is 18.6 Å². The number of aryl methyl sites for hydroxylation is 1. The molecule has 2 heterocycles. The summed E-state index contributed by atoms with van der Waals surface area (Å²) in [5.74, 6) is 0.199. The average Bonchev–Trinajstić information content (AvgIpc) is 3.14. The van der Waals surface area contributed by atoms with Gasteiger partial charge in [-0.15, -0.1) is 10.2 Å². The molecule has 0 unspecified atom stereocenters. The maximum Gasteiger partial charge on any atom is 0.230 e. The number of nitrogens with zero attached hydrogens (tertiary/aromatic N) is 4. The fraction of sp³-hybridized carbons (Fsp3) is 0.143. The van der Waals surface area contributed by atoms with Crippen molar-refractivity contribution in [1.82, 2.24) is 25.1 Å². The minimum atomic E-state index is -0.0553. The molecule has 0 fully saturated rings. The van der Waals surface area contributed by atoms with Crippen LogP contribution in [0.3, 0.4) is 0 Å². The van der Waals surface area contributed by atoms with Crippen LogP contribution in [-0.2, 0) is 11.3 Å². The van der Waals surface area contributed by atoms with Gasteiger partial charge in [0.15, 0.2) is 5.65 Å². The summed E-state index contributed by atoms with van der Waals surface area (Å²) in [5, 5.41) is 16.5. The summed E-state index contributed by atoms with van der Waals surface area (Å²) < 4.78 is 1.68. The fourth-order valence-electron chi connectivity index (χ4n) is 2.72. The van der Waals surface area contributed by atoms with Gasteiger partial charge in [0, 0.05) is 12.1 Å². The molecule has 2 aromatic heterocycles. The van der Waals surface area contributed by atoms with Crippen molar-refractivity contribution in [3.05, 3.63) is 77.9 Å². The highest BCUT2D eigenvalue weighted by Crippen LogP contribution is 2.21. The van der Waals surface area contributed by atoms with Gasteiger partial charge in [-0.2, -0.15) is 9.61 Å². The normalized spacial score (nSPS) is 10.9. The molecule has 4 aromatic rings. The largest absolute Gasteiger partial charge is 0.351 e. The zero-order chi connectivity index (χ0) is 19.3. The Morgan fingerprint density at radius 1 is 1.00 bits per heavy atom. The number of carbonyl (C=O) groups excluding carboxylic acids is 1. The molecule has 2 aromatic carbocycles. The zero-order valence-electron chi connectivity index (χ0n) is 15.4. The number of nitrogens with one attached hydrogen (secondary N) is 1. The molecule has 0 aliphatic heterocycles. The molecule has 0 spiro atoms. The molecule has 1 N–H and O–H groups in total. The van der Waals surface area contributed by atoms with Gasteiger partial charge in [-0.1, -0.05) is 71.9 Å². The van der Waals surface area contributed by atoms with Gasteiger partial charge < -0.3 is 5.32 Å². The first-order valence-electron chi connectivity index (χ1n) is 8.92. The van der Waals surface area contributed by atoms with Crippen LogP contribution in [0.1, 0.15) is 11.1 Å². The van der Waals surface area contributed by atoms with Crippen LogP contribution < -0.4 is 5.32 Å². The lowest BCUT2D eigenvalue weighted by Crippen LogP contribution is -2.24. The lowest BCUT2D eigenvalue weighted by atomic mass is 10.1. The van der Waals surface area contributed by atoms with E-state index in [0.717, 1.165) is 16.8 Å². The van der Waals surface area contributed by atoms with Crippen molar-refractivity contribution in [2.75, 3.05) is 5.75 Å². The van der Waals surface area contributed by atoms with Crippen LogP contribution in [0.4, 0.5) is 0 Å². The van der Waals surface area contributed by atoms with Crippen LogP contribution >= 0.6 is 11.8 Å². The van der Waals surface area contributed by atoms with Crippen molar-refractivity contribution in [3.63, 3.8) is 0 Å². The van der Waals surface area contributed by atoms with Crippen LogP contribution in [0.15, 0.2) is 71.9 Å². The lowest BCUT2D eigenvalue weighted by Gasteiger charge is -2.05. The van der Waals surface area contributed by atoms with E-state index in [1.165, 1.54) is 17.3 Å². The summed E-state index contributed by atoms with van der Waals surface area (Å²) in [6, 6.07) is 21.8. The molecular weight excluding hydrogens is 370 g/mol. The highest BCUT2D eigenvalue weighted by molar-refractivity contribution is 7.99. The minimum absolute atomic E-state index is 0.0553. The van der Waals surface area contributed by atoms with Crippen molar-refractivity contribution in [1.29, 1.82) is 0 Å². The highest BCUT2D eigenvalue weighted by Gasteiger charge is 2.11. The number of carbonyl (C=O) groups is 1. The molecule has 0 radical (unpaired) electrons. The number of amides is 1. The summed E-state index contributed by atoms with van der Waals surface area (Å²) >= 11 is 1.32. The Hall–Kier alpha value is -3.19. The zero-order valence-corrected chi connectivity index (χ0v) is 16.2. The first kappa shape index (κ1) is 18.2. The molecule has 7 heteroatoms. The van der Waals surface area contributed by atoms with Crippen molar-refractivity contribution < 1.29 is 4.79 Å². The smallest absolute Gasteiger partial charge is 0.230 e. The van der Waals surface area contributed by atoms with E-state index in [1.807, 2.05) is 54.6 Å². The molecule has 4 rings (SSSR count). The van der Waals surface area contributed by atoms with Crippen LogP contribution in [0, 0.1) is 6.92 Å². The number of aromatic nitrogens is 4. The molecule has 0 bridgehead atoms. The minimum Gasteiger partial charge on any atom is -0.351 e. The average molecular weight is 389 g/mol. The highest BCUT2D eigenvalue weighted by atomic mass is 32.2. The molecular formula is C21H19N5OS. The molecule has 140 valence electrons. The monoisotopic (exact) mass is 389 g/mol. The van der Waals surface area contributed by atoms with E-state index in [-0.39, 0.29) is 11.7 Å². The second kappa shape index (κ2) is 8.22. The topological polar surface area (TPSA) is 72.2 Å². The van der Waals surface area contributed by atoms with Gasteiger partial charge in [-0.3, -0.25) is 4.79 Å². The van der Waals surface area contributed by atoms with Crippen LogP contribution in [0.25, 0.3) is 16.9 Å². The van der Waals surface area contributed by atoms with E-state index in [1.54, 1.807) is 4.52 Å². The molecule has 0 aliphatic carbocycles. The van der Waals surface area contributed by atoms with Gasteiger partial charge in [0.05, 0.1) is 11.4 Å². The summed E-state index contributed by atoms with van der Waals surface area (Å²) in [7, 11) is 0. The molecule has 1 amide bonds. The van der Waals surface area contributed by atoms with E-state index in [0.29, 0.717) is 17.3 Å². The summed E-state index contributed by atoms with van der Waals surface area (Å²) in [5.41, 5.74) is 4.79. The molecule has 0 atom stereocenters. The lowest BCUT2D eigenvalue weighted by molar-refractivity contribution is -0.118. The van der Waals surface area contributed by atoms with E-state index in [4.69, 9.17) is 0 Å². The predicted octanol–water partition coefficient (Wildman–Crippen LogP) is 3.51. The Bertz CT molecular complexity index is 1090. The van der Waals surface area contributed by atoms with Gasteiger partial charge in [0.2, 0.25) is 11.1 Å². The molecule has 6 nitrogen and oxygen atoms in total. The van der Waals surface area contributed by atoms with E-state index in [2.05, 4.69) is 39.7 Å². The van der Waals surface area contributed by atoms with Crippen LogP contribution in [0.2, 0.25) is 0 Å². The van der Waals surface area contributed by atoms with Crippen LogP contribution in [-0.4, -0.2) is 31.5 Å². The second-order valence-corrected chi connectivity index (χ2v) is 7.33. The first-order valence-corrected chi connectivity index (χ1v) is 9.90. The Labute approximate surface area is 167 Å². The SMILES string of the molecule is Cc1ccc(-c2ccc3nnc(SCC(=O)NCc4ccccc4)n3n2)cc1. The molecule has 0 saturated heterocycles. The number of fused-ring (bicyclic) bond motifs is 1. The molecule has 28 heavy (non-hydrogen) atoms. The van der Waals surface area contributed by atoms with Gasteiger partial charge >= 0.3 is 0 Å². The number of thioether (sulfide) groups is 1. The molecule has 0 aliphatic rings. The Morgan fingerprint density at radius 3 is 2.57 bits per heavy atom.